The number of carbonyl (C=O) groups is 1. The number of hydrogen-bond donors (Lipinski definition) is 2. The zero-order chi connectivity index (χ0) is 26.0. The maximum absolute atomic E-state index is 13.8. The number of amides is 1. The summed E-state index contributed by atoms with van der Waals surface area (Å²) >= 11 is 6.23. The molecular weight excluding hydrogens is 492 g/mol. The van der Waals surface area contributed by atoms with Gasteiger partial charge in [-0.1, -0.05) is 17.7 Å². The molecule has 0 aliphatic rings. The molecule has 0 saturated carbocycles. The summed E-state index contributed by atoms with van der Waals surface area (Å²) in [5.74, 6) is -1.35. The van der Waals surface area contributed by atoms with Crippen LogP contribution in [0.5, 0.6) is 5.75 Å². The molecular formula is C26H24ClF2N3O4. The fraction of sp³-hybridized carbons (Fsp3) is 0.231. The number of ether oxygens (including phenoxy) is 2. The summed E-state index contributed by atoms with van der Waals surface area (Å²) in [5.41, 5.74) is 1.14. The predicted octanol–water partition coefficient (Wildman–Crippen LogP) is 6.24. The van der Waals surface area contributed by atoms with Crippen molar-refractivity contribution in [3.63, 3.8) is 0 Å². The topological polar surface area (TPSA) is 85.3 Å². The van der Waals surface area contributed by atoms with Gasteiger partial charge in [0, 0.05) is 34.9 Å². The molecule has 1 amide bonds. The lowest BCUT2D eigenvalue weighted by Crippen LogP contribution is -2.27. The molecule has 188 valence electrons. The Balaban J connectivity index is 1.51. The number of hydrogen-bond acceptors (Lipinski definition) is 4. The monoisotopic (exact) mass is 515 g/mol. The summed E-state index contributed by atoms with van der Waals surface area (Å²) in [6.07, 6.45) is 2.61. The van der Waals surface area contributed by atoms with Crippen molar-refractivity contribution >= 4 is 34.3 Å². The Hall–Kier alpha value is -3.85. The molecule has 0 bridgehead atoms. The van der Waals surface area contributed by atoms with Crippen molar-refractivity contribution in [1.29, 1.82) is 0 Å². The highest BCUT2D eigenvalue weighted by molar-refractivity contribution is 6.31. The van der Waals surface area contributed by atoms with Crippen LogP contribution in [0.25, 0.3) is 10.9 Å². The van der Waals surface area contributed by atoms with Crippen molar-refractivity contribution in [2.24, 2.45) is 0 Å². The highest BCUT2D eigenvalue weighted by Gasteiger charge is 2.18. The van der Waals surface area contributed by atoms with Gasteiger partial charge in [0.1, 0.15) is 34.6 Å². The Morgan fingerprint density at radius 1 is 1.14 bits per heavy atom. The summed E-state index contributed by atoms with van der Waals surface area (Å²) < 4.78 is 39.1. The number of pyridine rings is 1. The fourth-order valence-corrected chi connectivity index (χ4v) is 3.77. The first kappa shape index (κ1) is 25.2. The van der Waals surface area contributed by atoms with Crippen molar-refractivity contribution in [2.75, 3.05) is 5.32 Å². The summed E-state index contributed by atoms with van der Waals surface area (Å²) in [7, 11) is 0. The molecule has 0 radical (unpaired) electrons. The van der Waals surface area contributed by atoms with Gasteiger partial charge in [-0.2, -0.15) is 0 Å². The smallest absolute Gasteiger partial charge is 0.412 e. The number of halogens is 3. The second-order valence-corrected chi connectivity index (χ2v) is 9.54. The van der Waals surface area contributed by atoms with E-state index in [0.717, 1.165) is 28.6 Å². The summed E-state index contributed by atoms with van der Waals surface area (Å²) in [6, 6.07) is 10.2. The van der Waals surface area contributed by atoms with Crippen LogP contribution in [0.15, 0.2) is 59.7 Å². The van der Waals surface area contributed by atoms with E-state index in [2.05, 4.69) is 10.3 Å². The van der Waals surface area contributed by atoms with Crippen molar-refractivity contribution in [1.82, 2.24) is 9.55 Å². The Morgan fingerprint density at radius 3 is 2.64 bits per heavy atom. The van der Waals surface area contributed by atoms with Gasteiger partial charge < -0.3 is 19.0 Å². The third-order valence-electron chi connectivity index (χ3n) is 5.20. The Kier molecular flexibility index (Phi) is 7.03. The fourth-order valence-electron chi connectivity index (χ4n) is 3.54. The number of anilines is 1. The number of nitrogens with one attached hydrogen (secondary N) is 2. The van der Waals surface area contributed by atoms with E-state index < -0.39 is 28.9 Å². The number of carbonyl (C=O) groups excluding carboxylic acids is 1. The molecule has 2 N–H and O–H groups in total. The molecule has 0 atom stereocenters. The Labute approximate surface area is 210 Å². The van der Waals surface area contributed by atoms with Crippen LogP contribution in [0.2, 0.25) is 5.02 Å². The number of rotatable bonds is 6. The third-order valence-corrected chi connectivity index (χ3v) is 5.55. The molecule has 2 aromatic carbocycles. The molecule has 0 aliphatic carbocycles. The molecule has 0 saturated heterocycles. The zero-order valence-electron chi connectivity index (χ0n) is 19.8. The highest BCUT2D eigenvalue weighted by atomic mass is 35.5. The van der Waals surface area contributed by atoms with Gasteiger partial charge in [-0.15, -0.1) is 0 Å². The van der Waals surface area contributed by atoms with Gasteiger partial charge in [0.25, 0.3) is 5.56 Å². The van der Waals surface area contributed by atoms with E-state index in [-0.39, 0.29) is 29.5 Å². The molecule has 10 heteroatoms. The van der Waals surface area contributed by atoms with E-state index in [9.17, 15) is 18.4 Å². The van der Waals surface area contributed by atoms with Crippen LogP contribution in [0.1, 0.15) is 31.9 Å². The molecule has 36 heavy (non-hydrogen) atoms. The minimum absolute atomic E-state index is 0.0894. The number of benzene rings is 2. The second-order valence-electron chi connectivity index (χ2n) is 9.16. The van der Waals surface area contributed by atoms with Crippen LogP contribution in [0.3, 0.4) is 0 Å². The predicted molar refractivity (Wildman–Crippen MR) is 134 cm³/mol. The molecule has 0 aliphatic heterocycles. The number of aromatic nitrogens is 2. The Morgan fingerprint density at radius 2 is 1.92 bits per heavy atom. The van der Waals surface area contributed by atoms with Gasteiger partial charge in [-0.25, -0.2) is 13.6 Å². The highest BCUT2D eigenvalue weighted by Crippen LogP contribution is 2.26. The first-order chi connectivity index (χ1) is 17.0. The maximum Gasteiger partial charge on any atom is 0.412 e. The second kappa shape index (κ2) is 10.0. The molecule has 0 fully saturated rings. The number of nitrogens with zero attached hydrogens (tertiary/aromatic N) is 1. The van der Waals surface area contributed by atoms with E-state index in [1.165, 1.54) is 22.9 Å². The quantitative estimate of drug-likeness (QED) is 0.318. The number of aromatic amines is 1. The van der Waals surface area contributed by atoms with Crippen molar-refractivity contribution in [3.05, 3.63) is 93.0 Å². The van der Waals surface area contributed by atoms with Crippen LogP contribution >= 0.6 is 11.6 Å². The minimum Gasteiger partial charge on any atom is -0.487 e. The molecule has 7 nitrogen and oxygen atoms in total. The van der Waals surface area contributed by atoms with Gasteiger partial charge in [0.05, 0.1) is 12.2 Å². The SMILES string of the molecule is CC(C)(C)OC(=O)Nc1c[nH]c2ccc(Cn3ccc(OCc4ccc(F)cc4F)c(Cl)c3=O)cc12. The molecule has 2 aromatic heterocycles. The summed E-state index contributed by atoms with van der Waals surface area (Å²) in [5, 5.41) is 3.32. The van der Waals surface area contributed by atoms with E-state index in [1.807, 2.05) is 18.2 Å². The van der Waals surface area contributed by atoms with Crippen LogP contribution in [-0.4, -0.2) is 21.2 Å². The first-order valence-corrected chi connectivity index (χ1v) is 11.4. The van der Waals surface area contributed by atoms with E-state index in [0.29, 0.717) is 5.69 Å². The molecule has 2 heterocycles. The average Bonchev–Trinajstić information content (AvgIpc) is 3.18. The van der Waals surface area contributed by atoms with E-state index in [4.69, 9.17) is 21.1 Å². The summed E-state index contributed by atoms with van der Waals surface area (Å²) in [6.45, 7) is 5.33. The first-order valence-electron chi connectivity index (χ1n) is 11.1. The lowest BCUT2D eigenvalue weighted by Gasteiger charge is -2.19. The van der Waals surface area contributed by atoms with Crippen molar-refractivity contribution in [3.8, 4) is 5.75 Å². The van der Waals surface area contributed by atoms with Crippen molar-refractivity contribution in [2.45, 2.75) is 39.5 Å². The van der Waals surface area contributed by atoms with Crippen molar-refractivity contribution < 1.29 is 23.0 Å². The lowest BCUT2D eigenvalue weighted by molar-refractivity contribution is 0.0636. The number of H-pyrrole nitrogens is 1. The molecule has 4 aromatic rings. The standard InChI is InChI=1S/C26H24ClF2N3O4/c1-26(2,3)36-25(34)31-21-12-30-20-7-4-15(10-18(20)21)13-32-9-8-22(23(27)24(32)33)35-14-16-5-6-17(28)11-19(16)29/h4-12,30H,13-14H2,1-3H3,(H,31,34). The van der Waals surface area contributed by atoms with Crippen LogP contribution in [0.4, 0.5) is 19.3 Å². The van der Waals surface area contributed by atoms with E-state index >= 15 is 0 Å². The summed E-state index contributed by atoms with van der Waals surface area (Å²) in [4.78, 5) is 28.1. The van der Waals surface area contributed by atoms with Gasteiger partial charge >= 0.3 is 6.09 Å². The van der Waals surface area contributed by atoms with Crippen LogP contribution < -0.4 is 15.6 Å². The van der Waals surface area contributed by atoms with Gasteiger partial charge in [0.2, 0.25) is 0 Å². The average molecular weight is 516 g/mol. The zero-order valence-corrected chi connectivity index (χ0v) is 20.6. The maximum atomic E-state index is 13.8. The molecule has 0 unspecified atom stereocenters. The van der Waals surface area contributed by atoms with Gasteiger partial charge in [0.15, 0.2) is 0 Å². The Bertz CT molecular complexity index is 1490. The lowest BCUT2D eigenvalue weighted by atomic mass is 10.1. The van der Waals surface area contributed by atoms with Gasteiger partial charge in [-0.05, 0) is 56.7 Å². The van der Waals surface area contributed by atoms with Crippen LogP contribution in [0, 0.1) is 11.6 Å². The largest absolute Gasteiger partial charge is 0.487 e. The minimum atomic E-state index is -0.750. The van der Waals surface area contributed by atoms with E-state index in [1.54, 1.807) is 27.0 Å². The molecule has 0 spiro atoms. The number of fused-ring (bicyclic) bond motifs is 1. The normalized spacial score (nSPS) is 11.5. The van der Waals surface area contributed by atoms with Crippen LogP contribution in [-0.2, 0) is 17.9 Å². The van der Waals surface area contributed by atoms with Gasteiger partial charge in [-0.3, -0.25) is 10.1 Å². The molecule has 4 rings (SSSR count). The third kappa shape index (κ3) is 5.85.